The highest BCUT2D eigenvalue weighted by atomic mass is 16.5. The third-order valence-electron chi connectivity index (χ3n) is 4.78. The van der Waals surface area contributed by atoms with Gasteiger partial charge in [-0.25, -0.2) is 4.79 Å². The molecule has 1 aliphatic heterocycles. The minimum Gasteiger partial charge on any atom is -0.451 e. The van der Waals surface area contributed by atoms with Crippen molar-refractivity contribution in [3.8, 4) is 0 Å². The number of esters is 1. The molecule has 0 atom stereocenters. The van der Waals surface area contributed by atoms with Gasteiger partial charge >= 0.3 is 5.97 Å². The molecule has 0 saturated heterocycles. The van der Waals surface area contributed by atoms with Gasteiger partial charge in [0, 0.05) is 24.0 Å². The molecule has 0 aliphatic carbocycles. The zero-order valence-electron chi connectivity index (χ0n) is 14.9. The first kappa shape index (κ1) is 17.1. The molecular weight excluding hydrogens is 340 g/mol. The Hall–Kier alpha value is -3.34. The number of nitrogens with zero attached hydrogens (tertiary/aromatic N) is 1. The maximum absolute atomic E-state index is 12.4. The Balaban J connectivity index is 1.33. The van der Waals surface area contributed by atoms with Gasteiger partial charge in [-0.3, -0.25) is 4.79 Å². The molecule has 2 aromatic carbocycles. The number of ether oxygens (including phenoxy) is 1. The van der Waals surface area contributed by atoms with Crippen LogP contribution in [0.5, 0.6) is 0 Å². The fraction of sp³-hybridized carbons (Fsp3) is 0.182. The van der Waals surface area contributed by atoms with Gasteiger partial charge in [-0.2, -0.15) is 0 Å². The van der Waals surface area contributed by atoms with Crippen LogP contribution in [-0.2, 0) is 9.53 Å². The van der Waals surface area contributed by atoms with Crippen LogP contribution in [0.15, 0.2) is 66.7 Å². The summed E-state index contributed by atoms with van der Waals surface area (Å²) >= 11 is 0. The summed E-state index contributed by atoms with van der Waals surface area (Å²) in [6, 6.07) is 19.5. The van der Waals surface area contributed by atoms with E-state index in [4.69, 9.17) is 4.74 Å². The smallest absolute Gasteiger partial charge is 0.355 e. The molecule has 1 aliphatic rings. The number of benzene rings is 2. The van der Waals surface area contributed by atoms with Crippen molar-refractivity contribution in [1.82, 2.24) is 9.88 Å². The van der Waals surface area contributed by atoms with Gasteiger partial charge in [-0.1, -0.05) is 54.6 Å². The Labute approximate surface area is 157 Å². The van der Waals surface area contributed by atoms with Crippen LogP contribution in [0, 0.1) is 0 Å². The van der Waals surface area contributed by atoms with Crippen LogP contribution in [0.25, 0.3) is 16.5 Å². The number of carbonyl (C=O) groups is 2. The van der Waals surface area contributed by atoms with E-state index in [1.54, 1.807) is 11.0 Å². The predicted molar refractivity (Wildman–Crippen MR) is 104 cm³/mol. The number of hydrogen-bond acceptors (Lipinski definition) is 3. The summed E-state index contributed by atoms with van der Waals surface area (Å²) in [5.74, 6) is -0.695. The molecule has 5 heteroatoms. The Morgan fingerprint density at radius 3 is 2.56 bits per heavy atom. The fourth-order valence-electron chi connectivity index (χ4n) is 3.29. The maximum Gasteiger partial charge on any atom is 0.355 e. The number of hydrogen-bond donors (Lipinski definition) is 1. The third kappa shape index (κ3) is 3.77. The summed E-state index contributed by atoms with van der Waals surface area (Å²) in [5.41, 5.74) is 3.66. The van der Waals surface area contributed by atoms with E-state index in [-0.39, 0.29) is 12.5 Å². The lowest BCUT2D eigenvalue weighted by molar-refractivity contribution is -0.134. The summed E-state index contributed by atoms with van der Waals surface area (Å²) in [5, 5.41) is 0.936. The second-order valence-electron chi connectivity index (χ2n) is 6.53. The number of aromatic amines is 1. The topological polar surface area (TPSA) is 62.4 Å². The van der Waals surface area contributed by atoms with Gasteiger partial charge in [-0.05, 0) is 29.7 Å². The standard InChI is InChI=1S/C22H20N2O3/c25-21(24-12-10-17(11-13-24)16-6-2-1-3-7-16)15-27-22(26)20-14-18-8-4-5-9-19(18)23-20/h1-10,14,23H,11-13,15H2. The number of aromatic nitrogens is 1. The van der Waals surface area contributed by atoms with Crippen LogP contribution in [0.4, 0.5) is 0 Å². The average molecular weight is 360 g/mol. The summed E-state index contributed by atoms with van der Waals surface area (Å²) in [4.78, 5) is 29.3. The number of amides is 1. The lowest BCUT2D eigenvalue weighted by atomic mass is 10.00. The van der Waals surface area contributed by atoms with Crippen LogP contribution >= 0.6 is 0 Å². The molecule has 4 rings (SSSR count). The molecule has 136 valence electrons. The maximum atomic E-state index is 12.4. The van der Waals surface area contributed by atoms with Gasteiger partial charge in [-0.15, -0.1) is 0 Å². The monoisotopic (exact) mass is 360 g/mol. The molecule has 3 aromatic rings. The van der Waals surface area contributed by atoms with E-state index in [1.165, 1.54) is 11.1 Å². The molecule has 1 aromatic heterocycles. The average Bonchev–Trinajstić information content (AvgIpc) is 3.17. The van der Waals surface area contributed by atoms with Crippen molar-refractivity contribution in [1.29, 1.82) is 0 Å². The van der Waals surface area contributed by atoms with Gasteiger partial charge in [0.2, 0.25) is 0 Å². The first-order valence-corrected chi connectivity index (χ1v) is 8.98. The first-order valence-electron chi connectivity index (χ1n) is 8.98. The summed E-state index contributed by atoms with van der Waals surface area (Å²) in [6.45, 7) is 0.916. The number of H-pyrrole nitrogens is 1. The largest absolute Gasteiger partial charge is 0.451 e. The second-order valence-corrected chi connectivity index (χ2v) is 6.53. The molecule has 0 saturated carbocycles. The Morgan fingerprint density at radius 2 is 1.81 bits per heavy atom. The highest BCUT2D eigenvalue weighted by molar-refractivity contribution is 5.95. The molecule has 0 fully saturated rings. The number of para-hydroxylation sites is 1. The van der Waals surface area contributed by atoms with Crippen LogP contribution in [0.3, 0.4) is 0 Å². The summed E-state index contributed by atoms with van der Waals surface area (Å²) in [6.07, 6.45) is 2.86. The molecule has 0 bridgehead atoms. The van der Waals surface area contributed by atoms with Gasteiger partial charge < -0.3 is 14.6 Å². The van der Waals surface area contributed by atoms with E-state index in [9.17, 15) is 9.59 Å². The Bertz CT molecular complexity index is 972. The quantitative estimate of drug-likeness (QED) is 0.723. The van der Waals surface area contributed by atoms with Crippen molar-refractivity contribution >= 4 is 28.4 Å². The zero-order valence-corrected chi connectivity index (χ0v) is 14.9. The van der Waals surface area contributed by atoms with Crippen LogP contribution in [0.1, 0.15) is 22.5 Å². The minimum atomic E-state index is -0.517. The van der Waals surface area contributed by atoms with Crippen molar-refractivity contribution in [2.45, 2.75) is 6.42 Å². The van der Waals surface area contributed by atoms with Gasteiger partial charge in [0.05, 0.1) is 0 Å². The molecule has 27 heavy (non-hydrogen) atoms. The molecule has 2 heterocycles. The zero-order chi connectivity index (χ0) is 18.6. The van der Waals surface area contributed by atoms with E-state index in [0.29, 0.717) is 18.8 Å². The van der Waals surface area contributed by atoms with E-state index >= 15 is 0 Å². The van der Waals surface area contributed by atoms with E-state index in [2.05, 4.69) is 23.2 Å². The Kier molecular flexibility index (Phi) is 4.75. The Morgan fingerprint density at radius 1 is 1.04 bits per heavy atom. The molecular formula is C22H20N2O3. The van der Waals surface area contributed by atoms with E-state index in [1.807, 2.05) is 42.5 Å². The van der Waals surface area contributed by atoms with Crippen molar-refractivity contribution in [2.24, 2.45) is 0 Å². The number of nitrogens with one attached hydrogen (secondary N) is 1. The lowest BCUT2D eigenvalue weighted by Crippen LogP contribution is -2.37. The van der Waals surface area contributed by atoms with Gasteiger partial charge in [0.25, 0.3) is 5.91 Å². The van der Waals surface area contributed by atoms with Crippen LogP contribution < -0.4 is 0 Å². The number of rotatable bonds is 4. The lowest BCUT2D eigenvalue weighted by Gasteiger charge is -2.26. The molecule has 1 amide bonds. The van der Waals surface area contributed by atoms with Crippen LogP contribution in [0.2, 0.25) is 0 Å². The number of carbonyl (C=O) groups excluding carboxylic acids is 2. The molecule has 5 nitrogen and oxygen atoms in total. The summed E-state index contributed by atoms with van der Waals surface area (Å²) < 4.78 is 5.20. The fourth-order valence-corrected chi connectivity index (χ4v) is 3.29. The first-order chi connectivity index (χ1) is 13.2. The number of fused-ring (bicyclic) bond motifs is 1. The third-order valence-corrected chi connectivity index (χ3v) is 4.78. The van der Waals surface area contributed by atoms with E-state index in [0.717, 1.165) is 17.3 Å². The van der Waals surface area contributed by atoms with Crippen molar-refractivity contribution in [3.63, 3.8) is 0 Å². The van der Waals surface area contributed by atoms with Crippen LogP contribution in [-0.4, -0.2) is 41.5 Å². The van der Waals surface area contributed by atoms with Crippen molar-refractivity contribution in [3.05, 3.63) is 78.0 Å². The SMILES string of the molecule is O=C(OCC(=O)N1CC=C(c2ccccc2)CC1)c1cc2ccccc2[nH]1. The molecule has 0 radical (unpaired) electrons. The highest BCUT2D eigenvalue weighted by Crippen LogP contribution is 2.22. The summed E-state index contributed by atoms with van der Waals surface area (Å²) in [7, 11) is 0. The molecule has 0 unspecified atom stereocenters. The van der Waals surface area contributed by atoms with Gasteiger partial charge in [0.1, 0.15) is 5.69 Å². The second kappa shape index (κ2) is 7.50. The van der Waals surface area contributed by atoms with E-state index < -0.39 is 5.97 Å². The van der Waals surface area contributed by atoms with Gasteiger partial charge in [0.15, 0.2) is 6.61 Å². The molecule has 0 spiro atoms. The predicted octanol–water partition coefficient (Wildman–Crippen LogP) is 3.64. The van der Waals surface area contributed by atoms with Crippen molar-refractivity contribution < 1.29 is 14.3 Å². The normalized spacial score (nSPS) is 14.1. The minimum absolute atomic E-state index is 0.178. The van der Waals surface area contributed by atoms with Crippen molar-refractivity contribution in [2.75, 3.05) is 19.7 Å². The molecule has 1 N–H and O–H groups in total. The highest BCUT2D eigenvalue weighted by Gasteiger charge is 2.20.